The van der Waals surface area contributed by atoms with Crippen LogP contribution in [0.5, 0.6) is 0 Å². The third kappa shape index (κ3) is 5.42. The first-order chi connectivity index (χ1) is 10.9. The van der Waals surface area contributed by atoms with E-state index in [0.717, 1.165) is 17.1 Å². The zero-order valence-electron chi connectivity index (χ0n) is 14.4. The number of anilines is 2. The molecule has 2 N–H and O–H groups in total. The number of carbonyl (C=O) groups is 1. The van der Waals surface area contributed by atoms with Crippen LogP contribution >= 0.6 is 0 Å². The number of benzene rings is 2. The summed E-state index contributed by atoms with van der Waals surface area (Å²) in [7, 11) is 6.10. The van der Waals surface area contributed by atoms with Crippen molar-refractivity contribution >= 4 is 17.3 Å². The zero-order chi connectivity index (χ0) is 16.8. The molecule has 23 heavy (non-hydrogen) atoms. The van der Waals surface area contributed by atoms with E-state index in [1.807, 2.05) is 52.3 Å². The normalized spacial score (nSPS) is 11.8. The number of quaternary nitrogens is 1. The van der Waals surface area contributed by atoms with E-state index in [0.29, 0.717) is 6.54 Å². The monoisotopic (exact) mass is 312 g/mol. The van der Waals surface area contributed by atoms with Crippen molar-refractivity contribution in [2.45, 2.75) is 13.5 Å². The molecule has 2 aromatic carbocycles. The quantitative estimate of drug-likeness (QED) is 0.852. The zero-order valence-corrected chi connectivity index (χ0v) is 14.4. The third-order valence-electron chi connectivity index (χ3n) is 3.76. The van der Waals surface area contributed by atoms with Crippen molar-refractivity contribution in [3.8, 4) is 0 Å². The van der Waals surface area contributed by atoms with Gasteiger partial charge in [-0.3, -0.25) is 4.79 Å². The molecule has 2 aromatic rings. The van der Waals surface area contributed by atoms with Gasteiger partial charge >= 0.3 is 0 Å². The molecular formula is C19H26N3O+. The summed E-state index contributed by atoms with van der Waals surface area (Å²) in [6.07, 6.45) is 0. The summed E-state index contributed by atoms with van der Waals surface area (Å²) in [5, 5.41) is 2.94. The van der Waals surface area contributed by atoms with Crippen LogP contribution in [-0.4, -0.2) is 33.6 Å². The lowest BCUT2D eigenvalue weighted by Crippen LogP contribution is -3.08. The van der Waals surface area contributed by atoms with Gasteiger partial charge in [0.25, 0.3) is 5.91 Å². The summed E-state index contributed by atoms with van der Waals surface area (Å²) >= 11 is 0. The average molecular weight is 312 g/mol. The molecule has 1 unspecified atom stereocenters. The van der Waals surface area contributed by atoms with E-state index in [-0.39, 0.29) is 5.91 Å². The Kier molecular flexibility index (Phi) is 5.77. The summed E-state index contributed by atoms with van der Waals surface area (Å²) in [6.45, 7) is 3.31. The van der Waals surface area contributed by atoms with E-state index in [1.54, 1.807) is 0 Å². The van der Waals surface area contributed by atoms with Crippen LogP contribution in [0, 0.1) is 6.92 Å². The Bertz CT molecular complexity index is 633. The minimum Gasteiger partial charge on any atom is -0.378 e. The Balaban J connectivity index is 1.84. The van der Waals surface area contributed by atoms with E-state index < -0.39 is 0 Å². The van der Waals surface area contributed by atoms with Gasteiger partial charge in [0.2, 0.25) is 0 Å². The van der Waals surface area contributed by atoms with Gasteiger partial charge in [-0.15, -0.1) is 0 Å². The van der Waals surface area contributed by atoms with Crippen LogP contribution < -0.4 is 15.1 Å². The predicted octanol–water partition coefficient (Wildman–Crippen LogP) is 1.71. The molecular weight excluding hydrogens is 286 g/mol. The highest BCUT2D eigenvalue weighted by molar-refractivity contribution is 5.91. The fourth-order valence-electron chi connectivity index (χ4n) is 2.44. The van der Waals surface area contributed by atoms with Gasteiger partial charge in [0.05, 0.1) is 7.05 Å². The Morgan fingerprint density at radius 1 is 1.04 bits per heavy atom. The number of carbonyl (C=O) groups excluding carboxylic acids is 1. The minimum absolute atomic E-state index is 0.0382. The molecule has 0 aliphatic heterocycles. The van der Waals surface area contributed by atoms with Gasteiger partial charge in [-0.2, -0.15) is 0 Å². The lowest BCUT2D eigenvalue weighted by molar-refractivity contribution is -0.885. The topological polar surface area (TPSA) is 36.8 Å². The predicted molar refractivity (Wildman–Crippen MR) is 96.0 cm³/mol. The van der Waals surface area contributed by atoms with Crippen LogP contribution in [0.3, 0.4) is 0 Å². The Hall–Kier alpha value is -2.33. The van der Waals surface area contributed by atoms with Crippen molar-refractivity contribution in [2.24, 2.45) is 0 Å². The second kappa shape index (κ2) is 7.79. The summed E-state index contributed by atoms with van der Waals surface area (Å²) in [5.41, 5.74) is 4.45. The first-order valence-corrected chi connectivity index (χ1v) is 7.88. The smallest absolute Gasteiger partial charge is 0.279 e. The van der Waals surface area contributed by atoms with Crippen LogP contribution in [0.25, 0.3) is 0 Å². The van der Waals surface area contributed by atoms with E-state index in [4.69, 9.17) is 0 Å². The molecule has 0 bridgehead atoms. The number of hydrogen-bond acceptors (Lipinski definition) is 2. The lowest BCUT2D eigenvalue weighted by atomic mass is 10.2. The first-order valence-electron chi connectivity index (χ1n) is 7.88. The molecule has 4 nitrogen and oxygen atoms in total. The average Bonchev–Trinajstić information content (AvgIpc) is 2.50. The molecule has 0 aliphatic carbocycles. The number of amides is 1. The molecule has 0 saturated heterocycles. The van der Waals surface area contributed by atoms with E-state index >= 15 is 0 Å². The summed E-state index contributed by atoms with van der Waals surface area (Å²) < 4.78 is 0. The van der Waals surface area contributed by atoms with Crippen LogP contribution in [0.1, 0.15) is 11.1 Å². The molecule has 4 heteroatoms. The van der Waals surface area contributed by atoms with Crippen molar-refractivity contribution in [3.63, 3.8) is 0 Å². The van der Waals surface area contributed by atoms with Crippen LogP contribution in [0.2, 0.25) is 0 Å². The molecule has 2 rings (SSSR count). The molecule has 0 saturated carbocycles. The number of nitrogens with zero attached hydrogens (tertiary/aromatic N) is 1. The highest BCUT2D eigenvalue weighted by Crippen LogP contribution is 2.11. The van der Waals surface area contributed by atoms with Crippen LogP contribution in [-0.2, 0) is 11.3 Å². The SMILES string of the molecule is Cc1ccc(NC(=O)C[NH+](C)Cc2ccc(N(C)C)cc2)cc1. The first kappa shape index (κ1) is 17.0. The van der Waals surface area contributed by atoms with E-state index in [9.17, 15) is 4.79 Å². The number of nitrogens with one attached hydrogen (secondary N) is 2. The largest absolute Gasteiger partial charge is 0.378 e. The van der Waals surface area contributed by atoms with Gasteiger partial charge in [-0.25, -0.2) is 0 Å². The molecule has 0 radical (unpaired) electrons. The van der Waals surface area contributed by atoms with Crippen molar-refractivity contribution < 1.29 is 9.69 Å². The Morgan fingerprint density at radius 3 is 2.22 bits per heavy atom. The van der Waals surface area contributed by atoms with Crippen molar-refractivity contribution in [1.29, 1.82) is 0 Å². The van der Waals surface area contributed by atoms with Gasteiger partial charge in [0.1, 0.15) is 6.54 Å². The highest BCUT2D eigenvalue weighted by atomic mass is 16.2. The summed E-state index contributed by atoms with van der Waals surface area (Å²) in [6, 6.07) is 16.3. The molecule has 0 aromatic heterocycles. The lowest BCUT2D eigenvalue weighted by Gasteiger charge is -2.16. The van der Waals surface area contributed by atoms with E-state index in [2.05, 4.69) is 34.5 Å². The van der Waals surface area contributed by atoms with Crippen molar-refractivity contribution in [1.82, 2.24) is 0 Å². The maximum atomic E-state index is 12.1. The van der Waals surface area contributed by atoms with Gasteiger partial charge in [-0.05, 0) is 31.2 Å². The number of aryl methyl sites for hydroxylation is 1. The number of hydrogen-bond donors (Lipinski definition) is 2. The molecule has 0 heterocycles. The van der Waals surface area contributed by atoms with Crippen LogP contribution in [0.4, 0.5) is 11.4 Å². The molecule has 0 spiro atoms. The molecule has 1 atom stereocenters. The number of likely N-dealkylation sites (N-methyl/N-ethyl adjacent to an activating group) is 1. The second-order valence-corrected chi connectivity index (χ2v) is 6.29. The molecule has 1 amide bonds. The van der Waals surface area contributed by atoms with Gasteiger partial charge in [0.15, 0.2) is 6.54 Å². The minimum atomic E-state index is 0.0382. The maximum absolute atomic E-state index is 12.1. The Morgan fingerprint density at radius 2 is 1.65 bits per heavy atom. The maximum Gasteiger partial charge on any atom is 0.279 e. The van der Waals surface area contributed by atoms with Gasteiger partial charge in [-0.1, -0.05) is 29.8 Å². The van der Waals surface area contributed by atoms with E-state index in [1.165, 1.54) is 16.8 Å². The highest BCUT2D eigenvalue weighted by Gasteiger charge is 2.11. The fraction of sp³-hybridized carbons (Fsp3) is 0.316. The van der Waals surface area contributed by atoms with Gasteiger partial charge < -0.3 is 15.1 Å². The fourth-order valence-corrected chi connectivity index (χ4v) is 2.44. The summed E-state index contributed by atoms with van der Waals surface area (Å²) in [4.78, 5) is 15.3. The second-order valence-electron chi connectivity index (χ2n) is 6.29. The number of rotatable bonds is 6. The molecule has 0 aliphatic rings. The molecule has 122 valence electrons. The van der Waals surface area contributed by atoms with Gasteiger partial charge in [0, 0.05) is 31.0 Å². The van der Waals surface area contributed by atoms with Crippen molar-refractivity contribution in [3.05, 3.63) is 59.7 Å². The summed E-state index contributed by atoms with van der Waals surface area (Å²) in [5.74, 6) is 0.0382. The Labute approximate surface area is 138 Å². The standard InChI is InChI=1S/C19H25N3O/c1-15-5-9-17(10-6-15)20-19(23)14-22(4)13-16-7-11-18(12-8-16)21(2)3/h5-12H,13-14H2,1-4H3,(H,20,23)/p+1. The third-order valence-corrected chi connectivity index (χ3v) is 3.76. The molecule has 0 fully saturated rings. The van der Waals surface area contributed by atoms with Crippen molar-refractivity contribution in [2.75, 3.05) is 37.9 Å². The van der Waals surface area contributed by atoms with Crippen LogP contribution in [0.15, 0.2) is 48.5 Å².